The van der Waals surface area contributed by atoms with E-state index < -0.39 is 84.7 Å². The van der Waals surface area contributed by atoms with Crippen LogP contribution in [0.4, 0.5) is 37.7 Å². The third kappa shape index (κ3) is 6.83. The van der Waals surface area contributed by atoms with Gasteiger partial charge in [-0.2, -0.15) is 26.3 Å². The summed E-state index contributed by atoms with van der Waals surface area (Å²) >= 11 is 11.8. The lowest BCUT2D eigenvalue weighted by Gasteiger charge is -2.38. The van der Waals surface area contributed by atoms with E-state index in [1.165, 1.54) is 0 Å². The third-order valence-corrected chi connectivity index (χ3v) is 7.27. The molecule has 47 heavy (non-hydrogen) atoms. The molecular weight excluding hydrogens is 689 g/mol. The van der Waals surface area contributed by atoms with E-state index in [4.69, 9.17) is 32.7 Å². The van der Waals surface area contributed by atoms with E-state index in [0.29, 0.717) is 48.5 Å². The molecule has 0 unspecified atom stereocenters. The topological polar surface area (TPSA) is 139 Å². The molecule has 0 spiro atoms. The number of benzene rings is 4. The van der Waals surface area contributed by atoms with Gasteiger partial charge in [-0.05, 0) is 47.5 Å². The van der Waals surface area contributed by atoms with Crippen LogP contribution in [0.3, 0.4) is 0 Å². The molecule has 0 atom stereocenters. The van der Waals surface area contributed by atoms with Gasteiger partial charge in [-0.15, -0.1) is 0 Å². The maximum absolute atomic E-state index is 14.6. The Bertz CT molecular complexity index is 1750. The number of carbonyl (C=O) groups excluding carboxylic acids is 2. The van der Waals surface area contributed by atoms with Gasteiger partial charge in [-0.1, -0.05) is 47.5 Å². The van der Waals surface area contributed by atoms with Crippen LogP contribution >= 0.6 is 23.2 Å². The number of halogens is 8. The first-order chi connectivity index (χ1) is 21.9. The molecule has 0 radical (unpaired) electrons. The third-order valence-electron chi connectivity index (χ3n) is 6.61. The molecule has 4 rings (SSSR count). The number of hydrogen-bond acceptors (Lipinski definition) is 8. The van der Waals surface area contributed by atoms with Crippen LogP contribution in [-0.4, -0.2) is 34.1 Å². The van der Waals surface area contributed by atoms with Gasteiger partial charge < -0.3 is 9.47 Å². The number of ether oxygens (including phenoxy) is 2. The number of nitro benzene ring substituents is 2. The van der Waals surface area contributed by atoms with E-state index >= 15 is 0 Å². The molecule has 18 heteroatoms. The zero-order chi connectivity index (χ0) is 34.9. The highest BCUT2D eigenvalue weighted by molar-refractivity contribution is 6.34. The smallest absolute Gasteiger partial charge is 0.411 e. The van der Waals surface area contributed by atoms with Gasteiger partial charge in [-0.25, -0.2) is 9.59 Å². The van der Waals surface area contributed by atoms with Crippen LogP contribution in [-0.2, 0) is 5.41 Å². The van der Waals surface area contributed by atoms with Crippen LogP contribution in [0.25, 0.3) is 0 Å². The average molecular weight is 703 g/mol. The van der Waals surface area contributed by atoms with Crippen LogP contribution in [0.5, 0.6) is 11.5 Å². The van der Waals surface area contributed by atoms with E-state index in [-0.39, 0.29) is 10.0 Å². The highest BCUT2D eigenvalue weighted by atomic mass is 35.5. The second kappa shape index (κ2) is 12.9. The lowest BCUT2D eigenvalue weighted by atomic mass is 9.73. The van der Waals surface area contributed by atoms with Crippen molar-refractivity contribution < 1.29 is 55.3 Å². The molecule has 0 heterocycles. The Balaban J connectivity index is 1.68. The fourth-order valence-corrected chi connectivity index (χ4v) is 4.81. The average Bonchev–Trinajstić information content (AvgIpc) is 2.97. The molecule has 0 saturated heterocycles. The van der Waals surface area contributed by atoms with E-state index in [9.17, 15) is 56.2 Å². The summed E-state index contributed by atoms with van der Waals surface area (Å²) in [5.41, 5.74) is -9.36. The molecule has 0 amide bonds. The lowest BCUT2D eigenvalue weighted by Crippen LogP contribution is -2.54. The second-order valence-corrected chi connectivity index (χ2v) is 10.2. The normalized spacial score (nSPS) is 11.9. The van der Waals surface area contributed by atoms with Crippen molar-refractivity contribution in [1.29, 1.82) is 0 Å². The number of rotatable bonds is 8. The number of hydrogen-bond donors (Lipinski definition) is 0. The number of carbonyl (C=O) groups is 2. The quantitative estimate of drug-likeness (QED) is 0.0584. The molecule has 0 bridgehead atoms. The first-order valence-corrected chi connectivity index (χ1v) is 13.3. The van der Waals surface area contributed by atoms with Crippen molar-refractivity contribution in [2.75, 3.05) is 0 Å². The summed E-state index contributed by atoms with van der Waals surface area (Å²) in [6, 6.07) is 9.91. The molecule has 244 valence electrons. The summed E-state index contributed by atoms with van der Waals surface area (Å²) in [4.78, 5) is 45.4. The number of alkyl halides is 6. The summed E-state index contributed by atoms with van der Waals surface area (Å²) in [6.07, 6.45) is -12.0. The second-order valence-electron chi connectivity index (χ2n) is 9.42. The zero-order valence-corrected chi connectivity index (χ0v) is 24.3. The van der Waals surface area contributed by atoms with Gasteiger partial charge in [0.15, 0.2) is 0 Å². The molecule has 0 aliphatic rings. The molecular formula is C29H14Cl2F6N2O8. The zero-order valence-electron chi connectivity index (χ0n) is 22.8. The minimum absolute atomic E-state index is 0.271. The van der Waals surface area contributed by atoms with E-state index in [1.54, 1.807) is 0 Å². The van der Waals surface area contributed by atoms with Gasteiger partial charge in [-0.3, -0.25) is 20.2 Å². The van der Waals surface area contributed by atoms with Crippen LogP contribution in [0.1, 0.15) is 31.8 Å². The number of non-ortho nitro benzene ring substituents is 2. The molecule has 4 aromatic rings. The van der Waals surface area contributed by atoms with Crippen LogP contribution in [0, 0.1) is 20.2 Å². The highest BCUT2D eigenvalue weighted by Crippen LogP contribution is 2.56. The van der Waals surface area contributed by atoms with Crippen molar-refractivity contribution in [3.63, 3.8) is 0 Å². The van der Waals surface area contributed by atoms with E-state index in [1.807, 2.05) is 0 Å². The summed E-state index contributed by atoms with van der Waals surface area (Å²) in [7, 11) is 0. The van der Waals surface area contributed by atoms with E-state index in [2.05, 4.69) is 0 Å². The molecule has 0 aromatic heterocycles. The Hall–Kier alpha value is -5.22. The fourth-order valence-electron chi connectivity index (χ4n) is 4.42. The van der Waals surface area contributed by atoms with Gasteiger partial charge in [0.2, 0.25) is 5.41 Å². The summed E-state index contributed by atoms with van der Waals surface area (Å²) in [6.45, 7) is 0. The highest BCUT2D eigenvalue weighted by Gasteiger charge is 2.72. The maximum atomic E-state index is 14.6. The summed E-state index contributed by atoms with van der Waals surface area (Å²) in [5.74, 6) is -3.58. The molecule has 10 nitrogen and oxygen atoms in total. The van der Waals surface area contributed by atoms with Crippen LogP contribution < -0.4 is 9.47 Å². The van der Waals surface area contributed by atoms with Crippen molar-refractivity contribution in [1.82, 2.24) is 0 Å². The van der Waals surface area contributed by atoms with Crippen molar-refractivity contribution in [2.24, 2.45) is 0 Å². The molecule has 0 aliphatic carbocycles. The van der Waals surface area contributed by atoms with Crippen LogP contribution in [0.2, 0.25) is 10.0 Å². The number of nitrogens with zero attached hydrogens (tertiary/aromatic N) is 2. The molecule has 4 aromatic carbocycles. The number of esters is 2. The molecule has 0 saturated carbocycles. The Morgan fingerprint density at radius 3 is 1.17 bits per heavy atom. The van der Waals surface area contributed by atoms with Gasteiger partial charge in [0.05, 0.1) is 31.0 Å². The predicted octanol–water partition coefficient (Wildman–Crippen LogP) is 8.66. The van der Waals surface area contributed by atoms with Crippen molar-refractivity contribution in [2.45, 2.75) is 17.8 Å². The maximum Gasteiger partial charge on any atom is 0.411 e. The summed E-state index contributed by atoms with van der Waals surface area (Å²) in [5, 5.41) is 21.5. The SMILES string of the molecule is O=C(Oc1ccc(C(c2ccc(OC(=O)c3cc([N+](=O)[O-])ccc3Cl)cc2)(C(F)(F)F)C(F)(F)F)cc1)c1cc([N+](=O)[O-])ccc1Cl. The Morgan fingerprint density at radius 1 is 0.574 bits per heavy atom. The van der Waals surface area contributed by atoms with Crippen molar-refractivity contribution in [3.05, 3.63) is 137 Å². The first kappa shape index (κ1) is 34.6. The number of nitro groups is 2. The molecule has 0 N–H and O–H groups in total. The largest absolute Gasteiger partial charge is 0.423 e. The predicted molar refractivity (Wildman–Crippen MR) is 152 cm³/mol. The van der Waals surface area contributed by atoms with Gasteiger partial charge in [0.1, 0.15) is 11.5 Å². The van der Waals surface area contributed by atoms with E-state index in [0.717, 1.165) is 36.4 Å². The lowest BCUT2D eigenvalue weighted by molar-refractivity contribution is -0.385. The standard InChI is InChI=1S/C29H14Cl2F6N2O8/c30-23-11-5-17(38(42)43)13-21(23)25(40)46-19-7-1-15(2-8-19)27(28(32,33)34,29(35,36)37)16-3-9-20(10-4-16)47-26(41)22-14-18(39(44)45)6-12-24(22)31/h1-14H. The van der Waals surface area contributed by atoms with Crippen LogP contribution in [0.15, 0.2) is 84.9 Å². The van der Waals surface area contributed by atoms with Gasteiger partial charge in [0.25, 0.3) is 11.4 Å². The fraction of sp³-hybridized carbons (Fsp3) is 0.103. The monoisotopic (exact) mass is 702 g/mol. The Morgan fingerprint density at radius 2 is 0.894 bits per heavy atom. The Kier molecular flexibility index (Phi) is 9.50. The summed E-state index contributed by atoms with van der Waals surface area (Å²) < 4.78 is 97.4. The molecule has 0 fully saturated rings. The minimum Gasteiger partial charge on any atom is -0.423 e. The minimum atomic E-state index is -6.01. The first-order valence-electron chi connectivity index (χ1n) is 12.5. The van der Waals surface area contributed by atoms with Gasteiger partial charge in [0, 0.05) is 24.3 Å². The Labute approximate surface area is 268 Å². The van der Waals surface area contributed by atoms with Crippen molar-refractivity contribution >= 4 is 46.5 Å². The molecule has 0 aliphatic heterocycles. The van der Waals surface area contributed by atoms with Gasteiger partial charge >= 0.3 is 24.3 Å². The van der Waals surface area contributed by atoms with Crippen molar-refractivity contribution in [3.8, 4) is 11.5 Å².